The first-order valence-electron chi connectivity index (χ1n) is 9.08. The Bertz CT molecular complexity index is 1190. The highest BCUT2D eigenvalue weighted by atomic mass is 79.9. The second kappa shape index (κ2) is 7.71. The third-order valence-electron chi connectivity index (χ3n) is 5.00. The van der Waals surface area contributed by atoms with E-state index >= 15 is 0 Å². The third-order valence-corrected chi connectivity index (χ3v) is 6.62. The Hall–Kier alpha value is -2.54. The number of hydrogen-bond donors (Lipinski definition) is 1. The van der Waals surface area contributed by atoms with Gasteiger partial charge in [0.15, 0.2) is 5.82 Å². The van der Waals surface area contributed by atoms with Crippen LogP contribution in [0.3, 0.4) is 0 Å². The summed E-state index contributed by atoms with van der Waals surface area (Å²) in [7, 11) is 0. The molecule has 0 saturated carbocycles. The third kappa shape index (κ3) is 3.59. The summed E-state index contributed by atoms with van der Waals surface area (Å²) in [6, 6.07) is 1.38. The number of rotatable bonds is 4. The van der Waals surface area contributed by atoms with E-state index < -0.39 is 11.8 Å². The van der Waals surface area contributed by atoms with Gasteiger partial charge in [-0.3, -0.25) is 13.9 Å². The molecule has 154 valence electrons. The number of carbonyl (C=O) groups is 1. The number of aromatic nitrogens is 6. The van der Waals surface area contributed by atoms with Crippen molar-refractivity contribution in [3.63, 3.8) is 0 Å². The molecule has 3 aromatic heterocycles. The Kier molecular flexibility index (Phi) is 5.25. The maximum Gasteiger partial charge on any atom is 0.407 e. The minimum absolute atomic E-state index is 0.0900. The zero-order valence-electron chi connectivity index (χ0n) is 15.5. The summed E-state index contributed by atoms with van der Waals surface area (Å²) in [5.74, 6) is 0.378. The van der Waals surface area contributed by atoms with Crippen LogP contribution in [0.1, 0.15) is 31.6 Å². The summed E-state index contributed by atoms with van der Waals surface area (Å²) in [4.78, 5) is 40.3. The number of thiophene rings is 1. The molecule has 3 aromatic rings. The van der Waals surface area contributed by atoms with Gasteiger partial charge in [-0.15, -0.1) is 21.5 Å². The van der Waals surface area contributed by atoms with Crippen LogP contribution in [0.5, 0.6) is 0 Å². The Morgan fingerprint density at radius 3 is 2.69 bits per heavy atom. The number of tetrazole rings is 1. The lowest BCUT2D eigenvalue weighted by atomic mass is 10.1. The fraction of sp³-hybridized carbons (Fsp3) is 0.500. The van der Waals surface area contributed by atoms with Crippen molar-refractivity contribution in [1.82, 2.24) is 34.2 Å². The van der Waals surface area contributed by atoms with E-state index in [2.05, 4.69) is 31.3 Å². The molecule has 11 nitrogen and oxygen atoms in total. The van der Waals surface area contributed by atoms with Crippen LogP contribution in [0.2, 0.25) is 0 Å². The van der Waals surface area contributed by atoms with Crippen molar-refractivity contribution in [2.45, 2.75) is 38.9 Å². The molecule has 0 bridgehead atoms. The van der Waals surface area contributed by atoms with Crippen molar-refractivity contribution < 1.29 is 9.90 Å². The van der Waals surface area contributed by atoms with Gasteiger partial charge in [-0.05, 0) is 47.0 Å². The normalized spacial score (nSPS) is 15.3. The number of likely N-dealkylation sites (tertiary alicyclic amines) is 1. The Balaban J connectivity index is 1.80. The lowest BCUT2D eigenvalue weighted by molar-refractivity contribution is 0.124. The molecule has 0 unspecified atom stereocenters. The Morgan fingerprint density at radius 1 is 1.34 bits per heavy atom. The molecule has 1 aliphatic heterocycles. The Morgan fingerprint density at radius 2 is 2.07 bits per heavy atom. The predicted octanol–water partition coefficient (Wildman–Crippen LogP) is 1.36. The quantitative estimate of drug-likeness (QED) is 0.592. The molecule has 0 atom stereocenters. The number of hydrogen-bond acceptors (Lipinski definition) is 7. The zero-order valence-corrected chi connectivity index (χ0v) is 17.9. The average molecular weight is 484 g/mol. The van der Waals surface area contributed by atoms with Gasteiger partial charge in [0.2, 0.25) is 0 Å². The van der Waals surface area contributed by atoms with Gasteiger partial charge in [0.1, 0.15) is 4.70 Å². The van der Waals surface area contributed by atoms with E-state index in [-0.39, 0.29) is 31.2 Å². The van der Waals surface area contributed by atoms with Crippen LogP contribution in [-0.2, 0) is 13.1 Å². The van der Waals surface area contributed by atoms with Crippen molar-refractivity contribution in [2.75, 3.05) is 13.1 Å². The van der Waals surface area contributed by atoms with Gasteiger partial charge in [0, 0.05) is 19.1 Å². The first-order valence-corrected chi connectivity index (χ1v) is 10.7. The van der Waals surface area contributed by atoms with Crippen LogP contribution < -0.4 is 11.2 Å². The van der Waals surface area contributed by atoms with E-state index in [0.29, 0.717) is 35.4 Å². The lowest BCUT2D eigenvalue weighted by Crippen LogP contribution is -2.46. The fourth-order valence-electron chi connectivity index (χ4n) is 3.54. The van der Waals surface area contributed by atoms with Crippen molar-refractivity contribution in [3.8, 4) is 0 Å². The molecule has 1 fully saturated rings. The first-order chi connectivity index (χ1) is 13.9. The molecule has 0 aromatic carbocycles. The van der Waals surface area contributed by atoms with Crippen LogP contribution in [0.15, 0.2) is 19.4 Å². The van der Waals surface area contributed by atoms with E-state index in [4.69, 9.17) is 5.11 Å². The SMILES string of the molecule is CCn1nnc(Cn2c(=O)n(C3CCN(C(=O)O)CC3)c(=O)c3sc(Br)cc32)n1. The van der Waals surface area contributed by atoms with Gasteiger partial charge in [-0.2, -0.15) is 4.80 Å². The monoisotopic (exact) mass is 483 g/mol. The van der Waals surface area contributed by atoms with Gasteiger partial charge >= 0.3 is 11.8 Å². The van der Waals surface area contributed by atoms with Gasteiger partial charge in [0.05, 0.1) is 22.4 Å². The van der Waals surface area contributed by atoms with Crippen molar-refractivity contribution in [3.05, 3.63) is 36.5 Å². The molecule has 0 aliphatic carbocycles. The lowest BCUT2D eigenvalue weighted by Gasteiger charge is -2.30. The van der Waals surface area contributed by atoms with Crippen LogP contribution in [0.25, 0.3) is 10.2 Å². The molecule has 13 heteroatoms. The number of nitrogens with zero attached hydrogens (tertiary/aromatic N) is 7. The van der Waals surface area contributed by atoms with E-state index in [0.717, 1.165) is 3.79 Å². The molecular weight excluding hydrogens is 466 g/mol. The standard InChI is InChI=1S/C16H18BrN7O4S/c1-2-23-19-12(18-20-23)8-22-10-7-11(17)29-13(10)14(25)24(15(22)26)9-3-5-21(6-4-9)16(27)28/h7,9H,2-6,8H2,1H3,(H,27,28). The highest BCUT2D eigenvalue weighted by Gasteiger charge is 2.28. The maximum absolute atomic E-state index is 13.3. The number of carboxylic acid groups (broad SMARTS) is 1. The average Bonchev–Trinajstić information content (AvgIpc) is 3.32. The summed E-state index contributed by atoms with van der Waals surface area (Å²) >= 11 is 4.66. The summed E-state index contributed by atoms with van der Waals surface area (Å²) in [6.45, 7) is 3.10. The van der Waals surface area contributed by atoms with Gasteiger partial charge in [-0.25, -0.2) is 9.59 Å². The minimum atomic E-state index is -0.990. The van der Waals surface area contributed by atoms with E-state index in [9.17, 15) is 14.4 Å². The summed E-state index contributed by atoms with van der Waals surface area (Å²) in [5.41, 5.74) is -0.283. The van der Waals surface area contributed by atoms with E-state index in [1.165, 1.54) is 30.2 Å². The molecule has 29 heavy (non-hydrogen) atoms. The molecule has 0 radical (unpaired) electrons. The van der Waals surface area contributed by atoms with Gasteiger partial charge < -0.3 is 10.0 Å². The topological polar surface area (TPSA) is 128 Å². The molecule has 1 amide bonds. The second-order valence-corrected chi connectivity index (χ2v) is 9.14. The predicted molar refractivity (Wildman–Crippen MR) is 109 cm³/mol. The number of aryl methyl sites for hydroxylation is 1. The second-order valence-electron chi connectivity index (χ2n) is 6.70. The molecule has 4 rings (SSSR count). The van der Waals surface area contributed by atoms with Crippen molar-refractivity contribution in [1.29, 1.82) is 0 Å². The number of amides is 1. The minimum Gasteiger partial charge on any atom is -0.465 e. The van der Waals surface area contributed by atoms with Gasteiger partial charge in [0.25, 0.3) is 5.56 Å². The summed E-state index contributed by atoms with van der Waals surface area (Å²) < 4.78 is 3.94. The highest BCUT2D eigenvalue weighted by Crippen LogP contribution is 2.28. The molecule has 0 spiro atoms. The van der Waals surface area contributed by atoms with Crippen molar-refractivity contribution >= 4 is 43.6 Å². The summed E-state index contributed by atoms with van der Waals surface area (Å²) in [6.07, 6.45) is -0.177. The molecular formula is C16H18BrN7O4S. The van der Waals surface area contributed by atoms with E-state index in [1.54, 1.807) is 6.07 Å². The van der Waals surface area contributed by atoms with Gasteiger partial charge in [-0.1, -0.05) is 0 Å². The highest BCUT2D eigenvalue weighted by molar-refractivity contribution is 9.11. The number of fused-ring (bicyclic) bond motifs is 1. The summed E-state index contributed by atoms with van der Waals surface area (Å²) in [5, 5.41) is 21.3. The van der Waals surface area contributed by atoms with Crippen LogP contribution in [-0.4, -0.2) is 58.5 Å². The van der Waals surface area contributed by atoms with Crippen LogP contribution >= 0.6 is 27.3 Å². The maximum atomic E-state index is 13.3. The number of halogens is 1. The first kappa shape index (κ1) is 19.8. The fourth-order valence-corrected chi connectivity index (χ4v) is 5.07. The van der Waals surface area contributed by atoms with Crippen LogP contribution in [0, 0.1) is 0 Å². The molecule has 4 heterocycles. The molecule has 1 aliphatic rings. The van der Waals surface area contributed by atoms with Crippen molar-refractivity contribution in [2.24, 2.45) is 0 Å². The van der Waals surface area contributed by atoms with Crippen LogP contribution in [0.4, 0.5) is 4.79 Å². The largest absolute Gasteiger partial charge is 0.465 e. The zero-order chi connectivity index (χ0) is 20.7. The molecule has 1 N–H and O–H groups in total. The molecule has 1 saturated heterocycles. The van der Waals surface area contributed by atoms with E-state index in [1.807, 2.05) is 6.92 Å². The Labute approximate surface area is 176 Å². The number of piperidine rings is 1. The smallest absolute Gasteiger partial charge is 0.407 e.